The first kappa shape index (κ1) is 21.6. The largest absolute Gasteiger partial charge is 0.385 e. The zero-order chi connectivity index (χ0) is 18.5. The molecule has 0 aromatic heterocycles. The van der Waals surface area contributed by atoms with Gasteiger partial charge in [0.1, 0.15) is 0 Å². The Labute approximate surface area is 156 Å². The van der Waals surface area contributed by atoms with E-state index in [0.717, 1.165) is 50.9 Å². The highest BCUT2D eigenvalue weighted by Gasteiger charge is 2.09. The van der Waals surface area contributed by atoms with Gasteiger partial charge in [-0.05, 0) is 30.8 Å². The molecule has 1 amide bonds. The number of allylic oxidation sites excluding steroid dienone is 4. The van der Waals surface area contributed by atoms with Crippen molar-refractivity contribution in [2.45, 2.75) is 52.4 Å². The van der Waals surface area contributed by atoms with Crippen LogP contribution in [0.5, 0.6) is 0 Å². The third-order valence-corrected chi connectivity index (χ3v) is 4.88. The Kier molecular flexibility index (Phi) is 11.0. The van der Waals surface area contributed by atoms with Crippen LogP contribution in [0.4, 0.5) is 0 Å². The Balaban J connectivity index is 1.94. The van der Waals surface area contributed by atoms with Crippen LogP contribution in [0.2, 0.25) is 0 Å². The molecule has 0 aliphatic heterocycles. The SMILES string of the molecule is C=C(NCCCCCCNC(=O)CCSC(C)=O)C1=CC=CC(C)C1. The van der Waals surface area contributed by atoms with Gasteiger partial charge < -0.3 is 10.6 Å². The number of amides is 1. The van der Waals surface area contributed by atoms with E-state index in [1.54, 1.807) is 0 Å². The minimum atomic E-state index is 0.0377. The van der Waals surface area contributed by atoms with E-state index in [4.69, 9.17) is 0 Å². The molecular formula is C20H32N2O2S. The summed E-state index contributed by atoms with van der Waals surface area (Å²) in [5.41, 5.74) is 2.35. The fourth-order valence-electron chi connectivity index (χ4n) is 2.63. The molecule has 25 heavy (non-hydrogen) atoms. The molecule has 0 aromatic carbocycles. The Hall–Kier alpha value is -1.49. The van der Waals surface area contributed by atoms with Crippen molar-refractivity contribution >= 4 is 22.8 Å². The van der Waals surface area contributed by atoms with E-state index in [-0.39, 0.29) is 11.0 Å². The predicted molar refractivity (Wildman–Crippen MR) is 107 cm³/mol. The second kappa shape index (κ2) is 12.8. The van der Waals surface area contributed by atoms with Gasteiger partial charge in [0.05, 0.1) is 0 Å². The molecule has 0 saturated carbocycles. The molecule has 0 aromatic rings. The second-order valence-corrected chi connectivity index (χ2v) is 7.79. The first-order chi connectivity index (χ1) is 12.0. The topological polar surface area (TPSA) is 58.2 Å². The van der Waals surface area contributed by atoms with Crippen molar-refractivity contribution in [2.75, 3.05) is 18.8 Å². The van der Waals surface area contributed by atoms with Crippen LogP contribution in [0, 0.1) is 5.92 Å². The Bertz CT molecular complexity index is 512. The summed E-state index contributed by atoms with van der Waals surface area (Å²) in [5, 5.41) is 6.39. The van der Waals surface area contributed by atoms with Crippen LogP contribution in [0.1, 0.15) is 52.4 Å². The molecular weight excluding hydrogens is 332 g/mol. The fraction of sp³-hybridized carbons (Fsp3) is 0.600. The first-order valence-electron chi connectivity index (χ1n) is 9.19. The van der Waals surface area contributed by atoms with E-state index >= 15 is 0 Å². The number of rotatable bonds is 12. The first-order valence-corrected chi connectivity index (χ1v) is 10.2. The summed E-state index contributed by atoms with van der Waals surface area (Å²) in [5.74, 6) is 1.20. The summed E-state index contributed by atoms with van der Waals surface area (Å²) in [6, 6.07) is 0. The maximum absolute atomic E-state index is 11.5. The third-order valence-electron chi connectivity index (χ3n) is 4.07. The predicted octanol–water partition coefficient (Wildman–Crippen LogP) is 3.96. The smallest absolute Gasteiger partial charge is 0.220 e. The molecule has 5 heteroatoms. The molecule has 1 atom stereocenters. The van der Waals surface area contributed by atoms with Gasteiger partial charge in [-0.3, -0.25) is 9.59 Å². The summed E-state index contributed by atoms with van der Waals surface area (Å²) < 4.78 is 0. The molecule has 1 aliphatic carbocycles. The number of unbranched alkanes of at least 4 members (excludes halogenated alkanes) is 3. The van der Waals surface area contributed by atoms with E-state index < -0.39 is 0 Å². The standard InChI is InChI=1S/C20H32N2O2S/c1-16-9-8-10-19(15-16)17(2)21-12-6-4-5-7-13-22-20(24)11-14-25-18(3)23/h8-10,16,21H,2,4-7,11-15H2,1,3H3,(H,22,24). The summed E-state index contributed by atoms with van der Waals surface area (Å²) in [7, 11) is 0. The van der Waals surface area contributed by atoms with Crippen molar-refractivity contribution in [3.63, 3.8) is 0 Å². The number of carbonyl (C=O) groups is 2. The summed E-state index contributed by atoms with van der Waals surface area (Å²) >= 11 is 1.20. The van der Waals surface area contributed by atoms with Crippen molar-refractivity contribution in [2.24, 2.45) is 5.92 Å². The van der Waals surface area contributed by atoms with Gasteiger partial charge in [0, 0.05) is 37.9 Å². The summed E-state index contributed by atoms with van der Waals surface area (Å²) in [6.45, 7) is 9.55. The average Bonchev–Trinajstić information content (AvgIpc) is 2.56. The quantitative estimate of drug-likeness (QED) is 0.515. The molecule has 0 saturated heterocycles. The van der Waals surface area contributed by atoms with E-state index in [1.807, 2.05) is 0 Å². The molecule has 0 spiro atoms. The Morgan fingerprint density at radius 1 is 1.20 bits per heavy atom. The van der Waals surface area contributed by atoms with Crippen molar-refractivity contribution < 1.29 is 9.59 Å². The lowest BCUT2D eigenvalue weighted by molar-refractivity contribution is -0.120. The maximum atomic E-state index is 11.5. The van der Waals surface area contributed by atoms with Gasteiger partial charge in [-0.1, -0.05) is 56.3 Å². The van der Waals surface area contributed by atoms with Gasteiger partial charge in [0.15, 0.2) is 5.12 Å². The molecule has 2 N–H and O–H groups in total. The van der Waals surface area contributed by atoms with Gasteiger partial charge in [-0.25, -0.2) is 0 Å². The normalized spacial score (nSPS) is 16.2. The lowest BCUT2D eigenvalue weighted by Crippen LogP contribution is -2.24. The molecule has 0 bridgehead atoms. The van der Waals surface area contributed by atoms with E-state index in [0.29, 0.717) is 18.1 Å². The highest BCUT2D eigenvalue weighted by Crippen LogP contribution is 2.21. The van der Waals surface area contributed by atoms with Gasteiger partial charge in [0.2, 0.25) is 5.91 Å². The van der Waals surface area contributed by atoms with Crippen LogP contribution < -0.4 is 10.6 Å². The molecule has 1 rings (SSSR count). The van der Waals surface area contributed by atoms with Crippen molar-refractivity contribution in [3.05, 3.63) is 36.1 Å². The lowest BCUT2D eigenvalue weighted by atomic mass is 9.94. The zero-order valence-corrected chi connectivity index (χ0v) is 16.4. The third kappa shape index (κ3) is 10.9. The second-order valence-electron chi connectivity index (χ2n) is 6.52. The monoisotopic (exact) mass is 364 g/mol. The van der Waals surface area contributed by atoms with Crippen LogP contribution in [-0.4, -0.2) is 29.9 Å². The van der Waals surface area contributed by atoms with Gasteiger partial charge in [-0.2, -0.15) is 0 Å². The maximum Gasteiger partial charge on any atom is 0.220 e. The number of nitrogens with one attached hydrogen (secondary N) is 2. The zero-order valence-electron chi connectivity index (χ0n) is 15.6. The van der Waals surface area contributed by atoms with Crippen molar-refractivity contribution in [3.8, 4) is 0 Å². The van der Waals surface area contributed by atoms with Crippen LogP contribution in [0.25, 0.3) is 0 Å². The summed E-state index contributed by atoms with van der Waals surface area (Å²) in [6.07, 6.45) is 12.3. The average molecular weight is 365 g/mol. The number of carbonyl (C=O) groups excluding carboxylic acids is 2. The van der Waals surface area contributed by atoms with Crippen LogP contribution in [-0.2, 0) is 9.59 Å². The van der Waals surface area contributed by atoms with Crippen LogP contribution in [0.15, 0.2) is 36.1 Å². The number of hydrogen-bond acceptors (Lipinski definition) is 4. The highest BCUT2D eigenvalue weighted by atomic mass is 32.2. The molecule has 1 aliphatic rings. The highest BCUT2D eigenvalue weighted by molar-refractivity contribution is 8.13. The minimum Gasteiger partial charge on any atom is -0.385 e. The molecule has 4 nitrogen and oxygen atoms in total. The van der Waals surface area contributed by atoms with Crippen LogP contribution >= 0.6 is 11.8 Å². The number of hydrogen-bond donors (Lipinski definition) is 2. The molecule has 140 valence electrons. The Morgan fingerprint density at radius 2 is 1.88 bits per heavy atom. The summed E-state index contributed by atoms with van der Waals surface area (Å²) in [4.78, 5) is 22.3. The van der Waals surface area contributed by atoms with Gasteiger partial charge >= 0.3 is 0 Å². The van der Waals surface area contributed by atoms with Crippen molar-refractivity contribution in [1.29, 1.82) is 0 Å². The Morgan fingerprint density at radius 3 is 2.52 bits per heavy atom. The molecule has 0 heterocycles. The van der Waals surface area contributed by atoms with Gasteiger partial charge in [-0.15, -0.1) is 0 Å². The fourth-order valence-corrected chi connectivity index (χ4v) is 3.20. The molecule has 1 unspecified atom stereocenters. The van der Waals surface area contributed by atoms with Crippen molar-refractivity contribution in [1.82, 2.24) is 10.6 Å². The minimum absolute atomic E-state index is 0.0377. The van der Waals surface area contributed by atoms with E-state index in [9.17, 15) is 9.59 Å². The molecule has 0 radical (unpaired) electrons. The van der Waals surface area contributed by atoms with Gasteiger partial charge in [0.25, 0.3) is 0 Å². The van der Waals surface area contributed by atoms with E-state index in [1.165, 1.54) is 24.3 Å². The van der Waals surface area contributed by atoms with Crippen LogP contribution in [0.3, 0.4) is 0 Å². The lowest BCUT2D eigenvalue weighted by Gasteiger charge is -2.18. The van der Waals surface area contributed by atoms with E-state index in [2.05, 4.69) is 42.4 Å². The number of thioether (sulfide) groups is 1. The molecule has 0 fully saturated rings.